The van der Waals surface area contributed by atoms with Crippen molar-refractivity contribution in [3.05, 3.63) is 70.9 Å². The van der Waals surface area contributed by atoms with Gasteiger partial charge in [0.1, 0.15) is 5.70 Å². The second-order valence-electron chi connectivity index (χ2n) is 6.65. The molecule has 0 spiro atoms. The number of ketones is 1. The van der Waals surface area contributed by atoms with Gasteiger partial charge in [0, 0.05) is 18.2 Å². The molecule has 6 nitrogen and oxygen atoms in total. The van der Waals surface area contributed by atoms with E-state index in [1.54, 1.807) is 0 Å². The average Bonchev–Trinajstić information content (AvgIpc) is 2.66. The lowest BCUT2D eigenvalue weighted by molar-refractivity contribution is -0.258. The number of carbonyl (C=O) groups excluding carboxylic acids is 1. The predicted molar refractivity (Wildman–Crippen MR) is 97.3 cm³/mol. The third-order valence-corrected chi connectivity index (χ3v) is 6.59. The number of fused-ring (bicyclic) bond motifs is 1. The van der Waals surface area contributed by atoms with E-state index in [0.717, 1.165) is 25.2 Å². The van der Waals surface area contributed by atoms with Crippen LogP contribution >= 0.6 is 0 Å². The topological polar surface area (TPSA) is 94.9 Å². The first kappa shape index (κ1) is 20.9. The van der Waals surface area contributed by atoms with Crippen molar-refractivity contribution in [3.8, 4) is 0 Å². The van der Waals surface area contributed by atoms with Crippen LogP contribution in [-0.4, -0.2) is 41.9 Å². The SMILES string of the molecule is CN1C(C(=O)c2cccc(C(C)(O)C(F)(F)F)c2)=C(O)c2ccccc2S1(=O)=O. The molecule has 0 fully saturated rings. The molecule has 0 saturated carbocycles. The maximum atomic E-state index is 13.1. The minimum Gasteiger partial charge on any atom is -0.505 e. The summed E-state index contributed by atoms with van der Waals surface area (Å²) in [5, 5.41) is 20.4. The number of Topliss-reactive ketones (excluding diaryl/α,β-unsaturated/α-hetero) is 1. The molecule has 0 aromatic heterocycles. The summed E-state index contributed by atoms with van der Waals surface area (Å²) in [6.45, 7) is 0.542. The molecule has 0 aliphatic carbocycles. The quantitative estimate of drug-likeness (QED) is 0.734. The van der Waals surface area contributed by atoms with Crippen molar-refractivity contribution in [2.75, 3.05) is 7.05 Å². The third-order valence-electron chi connectivity index (χ3n) is 4.77. The average molecular weight is 427 g/mol. The van der Waals surface area contributed by atoms with E-state index in [1.807, 2.05) is 0 Å². The number of benzene rings is 2. The normalized spacial score (nSPS) is 18.2. The largest absolute Gasteiger partial charge is 0.505 e. The third kappa shape index (κ3) is 3.18. The Bertz CT molecular complexity index is 1140. The maximum Gasteiger partial charge on any atom is 0.421 e. The Morgan fingerprint density at radius 2 is 1.69 bits per heavy atom. The molecule has 2 aromatic carbocycles. The van der Waals surface area contributed by atoms with Gasteiger partial charge < -0.3 is 10.2 Å². The summed E-state index contributed by atoms with van der Waals surface area (Å²) < 4.78 is 65.3. The molecule has 154 valence electrons. The standard InChI is InChI=1S/C19H16F3NO5S/c1-18(26,19(20,21)22)12-7-5-6-11(10-12)16(24)15-17(25)13-8-3-4-9-14(13)29(27,28)23(15)2/h3-10,25-26H,1-2H3. The van der Waals surface area contributed by atoms with E-state index in [9.17, 15) is 36.6 Å². The van der Waals surface area contributed by atoms with E-state index >= 15 is 0 Å². The van der Waals surface area contributed by atoms with Crippen LogP contribution in [0, 0.1) is 0 Å². The fraction of sp³-hybridized carbons (Fsp3) is 0.211. The molecule has 1 unspecified atom stereocenters. The number of allylic oxidation sites excluding steroid dienone is 1. The van der Waals surface area contributed by atoms with E-state index in [2.05, 4.69) is 0 Å². The number of aliphatic hydroxyl groups is 2. The zero-order valence-corrected chi connectivity index (χ0v) is 16.0. The van der Waals surface area contributed by atoms with Gasteiger partial charge in [-0.05, 0) is 30.7 Å². The van der Waals surface area contributed by atoms with E-state index in [-0.39, 0.29) is 16.0 Å². The van der Waals surface area contributed by atoms with Crippen LogP contribution in [0.4, 0.5) is 13.2 Å². The Kier molecular flexibility index (Phi) is 4.75. The van der Waals surface area contributed by atoms with E-state index in [4.69, 9.17) is 0 Å². The number of alkyl halides is 3. The minimum absolute atomic E-state index is 0.0904. The summed E-state index contributed by atoms with van der Waals surface area (Å²) in [6.07, 6.45) is -5.00. The number of aliphatic hydroxyl groups excluding tert-OH is 1. The van der Waals surface area contributed by atoms with Crippen molar-refractivity contribution < 1.29 is 36.6 Å². The van der Waals surface area contributed by atoms with Gasteiger partial charge in [-0.15, -0.1) is 0 Å². The summed E-state index contributed by atoms with van der Waals surface area (Å²) in [4.78, 5) is 12.8. The molecule has 10 heteroatoms. The highest BCUT2D eigenvalue weighted by molar-refractivity contribution is 7.89. The number of nitrogens with zero attached hydrogens (tertiary/aromatic N) is 1. The summed E-state index contributed by atoms with van der Waals surface area (Å²) in [6, 6.07) is 9.61. The Morgan fingerprint density at radius 1 is 1.07 bits per heavy atom. The van der Waals surface area contributed by atoms with Gasteiger partial charge in [-0.3, -0.25) is 9.10 Å². The summed E-state index contributed by atoms with van der Waals surface area (Å²) in [5.41, 5.74) is -4.84. The lowest BCUT2D eigenvalue weighted by Gasteiger charge is -2.29. The fourth-order valence-corrected chi connectivity index (χ4v) is 4.34. The molecular formula is C19H16F3NO5S. The van der Waals surface area contributed by atoms with Gasteiger partial charge in [-0.25, -0.2) is 8.42 Å². The molecule has 0 bridgehead atoms. The van der Waals surface area contributed by atoms with E-state index in [1.165, 1.54) is 30.3 Å². The maximum absolute atomic E-state index is 13.1. The van der Waals surface area contributed by atoms with Gasteiger partial charge >= 0.3 is 6.18 Å². The van der Waals surface area contributed by atoms with Crippen molar-refractivity contribution in [2.45, 2.75) is 23.6 Å². The molecule has 1 aliphatic rings. The molecule has 29 heavy (non-hydrogen) atoms. The number of carbonyl (C=O) groups is 1. The monoisotopic (exact) mass is 427 g/mol. The zero-order chi connectivity index (χ0) is 21.8. The molecule has 0 saturated heterocycles. The van der Waals surface area contributed by atoms with Crippen LogP contribution in [0.15, 0.2) is 59.1 Å². The van der Waals surface area contributed by atoms with Crippen LogP contribution in [0.2, 0.25) is 0 Å². The lowest BCUT2D eigenvalue weighted by atomic mass is 9.92. The van der Waals surface area contributed by atoms with Crippen LogP contribution in [0.3, 0.4) is 0 Å². The number of hydrogen-bond donors (Lipinski definition) is 2. The van der Waals surface area contributed by atoms with Crippen LogP contribution in [-0.2, 0) is 15.6 Å². The highest BCUT2D eigenvalue weighted by Gasteiger charge is 2.51. The van der Waals surface area contributed by atoms with Crippen LogP contribution < -0.4 is 0 Å². The Morgan fingerprint density at radius 3 is 2.31 bits per heavy atom. The van der Waals surface area contributed by atoms with E-state index in [0.29, 0.717) is 11.2 Å². The first-order chi connectivity index (χ1) is 13.3. The number of halogens is 3. The van der Waals surface area contributed by atoms with Gasteiger partial charge in [0.2, 0.25) is 5.78 Å². The van der Waals surface area contributed by atoms with Crippen LogP contribution in [0.1, 0.15) is 28.4 Å². The predicted octanol–water partition coefficient (Wildman–Crippen LogP) is 3.20. The molecule has 1 aliphatic heterocycles. The Balaban J connectivity index is 2.16. The lowest BCUT2D eigenvalue weighted by Crippen LogP contribution is -2.39. The van der Waals surface area contributed by atoms with Gasteiger partial charge in [0.05, 0.1) is 4.90 Å². The van der Waals surface area contributed by atoms with Crippen molar-refractivity contribution >= 4 is 21.6 Å². The molecule has 3 rings (SSSR count). The number of hydrogen-bond acceptors (Lipinski definition) is 5. The van der Waals surface area contributed by atoms with Gasteiger partial charge in [0.15, 0.2) is 11.4 Å². The highest BCUT2D eigenvalue weighted by atomic mass is 32.2. The summed E-state index contributed by atoms with van der Waals surface area (Å²) in [7, 11) is -3.09. The molecule has 0 radical (unpaired) electrons. The minimum atomic E-state index is -5.00. The molecule has 1 heterocycles. The number of likely N-dealkylation sites (N-methyl/N-ethyl adjacent to an activating group) is 1. The molecule has 2 aromatic rings. The van der Waals surface area contributed by atoms with Gasteiger partial charge in [-0.1, -0.05) is 30.3 Å². The smallest absolute Gasteiger partial charge is 0.421 e. The van der Waals surface area contributed by atoms with Crippen LogP contribution in [0.25, 0.3) is 5.76 Å². The van der Waals surface area contributed by atoms with Crippen molar-refractivity contribution in [3.63, 3.8) is 0 Å². The van der Waals surface area contributed by atoms with Gasteiger partial charge in [-0.2, -0.15) is 13.2 Å². The van der Waals surface area contributed by atoms with Crippen molar-refractivity contribution in [1.82, 2.24) is 4.31 Å². The van der Waals surface area contributed by atoms with Crippen LogP contribution in [0.5, 0.6) is 0 Å². The van der Waals surface area contributed by atoms with Crippen molar-refractivity contribution in [2.24, 2.45) is 0 Å². The Labute approximate surface area is 164 Å². The molecular weight excluding hydrogens is 411 g/mol. The fourth-order valence-electron chi connectivity index (χ4n) is 2.95. The second-order valence-corrected chi connectivity index (χ2v) is 8.58. The number of rotatable bonds is 3. The Hall–Kier alpha value is -2.85. The molecule has 2 N–H and O–H groups in total. The molecule has 0 amide bonds. The van der Waals surface area contributed by atoms with Crippen molar-refractivity contribution in [1.29, 1.82) is 0 Å². The summed E-state index contributed by atoms with van der Waals surface area (Å²) in [5.74, 6) is -1.63. The number of sulfonamides is 1. The first-order valence-corrected chi connectivity index (χ1v) is 9.70. The zero-order valence-electron chi connectivity index (χ0n) is 15.2. The first-order valence-electron chi connectivity index (χ1n) is 8.26. The molecule has 1 atom stereocenters. The highest BCUT2D eigenvalue weighted by Crippen LogP contribution is 2.40. The second kappa shape index (κ2) is 6.60. The van der Waals surface area contributed by atoms with Gasteiger partial charge in [0.25, 0.3) is 10.0 Å². The van der Waals surface area contributed by atoms with E-state index < -0.39 is 44.6 Å². The summed E-state index contributed by atoms with van der Waals surface area (Å²) >= 11 is 0.